The number of ether oxygens (including phenoxy) is 1. The molecule has 0 saturated heterocycles. The largest absolute Gasteiger partial charge is 0.506 e. The minimum atomic E-state index is -4.50. The molecule has 2 aromatic heterocycles. The van der Waals surface area contributed by atoms with Crippen LogP contribution >= 0.6 is 27.5 Å². The number of phenols is 1. The van der Waals surface area contributed by atoms with Crippen LogP contribution in [0, 0.1) is 0 Å². The fraction of sp³-hybridized carbons (Fsp3) is 0.176. The van der Waals surface area contributed by atoms with Crippen LogP contribution in [-0.2, 0) is 12.6 Å². The number of aromatic hydroxyl groups is 1. The standard InChI is InChI=1S/C17H11BrClF3N2O2/c1-26-16-9(6-8-2-5-12(23-7-8)17(20,21)22)14(19)13-11(24-16)4-3-10(18)15(13)25/h2-5,7,25H,6H2,1H3. The van der Waals surface area contributed by atoms with Gasteiger partial charge in [0.2, 0.25) is 5.88 Å². The van der Waals surface area contributed by atoms with Gasteiger partial charge >= 0.3 is 6.18 Å². The maximum absolute atomic E-state index is 12.6. The number of phenolic OH excluding ortho intramolecular Hbond substituents is 1. The number of alkyl halides is 3. The van der Waals surface area contributed by atoms with Crippen LogP contribution in [0.2, 0.25) is 5.02 Å². The molecule has 136 valence electrons. The molecule has 0 radical (unpaired) electrons. The second-order valence-corrected chi connectivity index (χ2v) is 6.66. The van der Waals surface area contributed by atoms with Gasteiger partial charge in [0.1, 0.15) is 11.4 Å². The summed E-state index contributed by atoms with van der Waals surface area (Å²) in [5, 5.41) is 10.8. The first-order chi connectivity index (χ1) is 12.2. The number of nitrogens with zero attached hydrogens (tertiary/aromatic N) is 2. The Bertz CT molecular complexity index is 979. The van der Waals surface area contributed by atoms with Gasteiger partial charge in [-0.15, -0.1) is 0 Å². The summed E-state index contributed by atoms with van der Waals surface area (Å²) < 4.78 is 43.6. The van der Waals surface area contributed by atoms with Crippen molar-refractivity contribution in [2.45, 2.75) is 12.6 Å². The van der Waals surface area contributed by atoms with Crippen molar-refractivity contribution >= 4 is 38.4 Å². The summed E-state index contributed by atoms with van der Waals surface area (Å²) in [5.41, 5.74) is 0.393. The zero-order valence-corrected chi connectivity index (χ0v) is 15.6. The molecule has 0 bridgehead atoms. The van der Waals surface area contributed by atoms with Gasteiger partial charge in [0, 0.05) is 18.2 Å². The quantitative estimate of drug-likeness (QED) is 0.586. The smallest absolute Gasteiger partial charge is 0.433 e. The molecule has 3 aromatic rings. The Kier molecular flexibility index (Phi) is 4.98. The van der Waals surface area contributed by atoms with Gasteiger partial charge < -0.3 is 9.84 Å². The van der Waals surface area contributed by atoms with Gasteiger partial charge in [-0.25, -0.2) is 4.98 Å². The maximum Gasteiger partial charge on any atom is 0.433 e. The van der Waals surface area contributed by atoms with Crippen LogP contribution in [0.4, 0.5) is 13.2 Å². The highest BCUT2D eigenvalue weighted by atomic mass is 79.9. The Labute approximate surface area is 159 Å². The average Bonchev–Trinajstić information content (AvgIpc) is 2.59. The molecule has 2 heterocycles. The van der Waals surface area contributed by atoms with Crippen molar-refractivity contribution in [1.82, 2.24) is 9.97 Å². The van der Waals surface area contributed by atoms with Gasteiger partial charge in [-0.1, -0.05) is 17.7 Å². The summed E-state index contributed by atoms with van der Waals surface area (Å²) in [6.07, 6.45) is -3.23. The predicted molar refractivity (Wildman–Crippen MR) is 94.7 cm³/mol. The first-order valence-electron chi connectivity index (χ1n) is 7.28. The van der Waals surface area contributed by atoms with E-state index in [1.165, 1.54) is 13.2 Å². The summed E-state index contributed by atoms with van der Waals surface area (Å²) in [6.45, 7) is 0. The topological polar surface area (TPSA) is 55.2 Å². The Morgan fingerprint density at radius 1 is 1.23 bits per heavy atom. The van der Waals surface area contributed by atoms with Crippen molar-refractivity contribution < 1.29 is 23.0 Å². The molecule has 0 aliphatic heterocycles. The molecule has 4 nitrogen and oxygen atoms in total. The average molecular weight is 448 g/mol. The maximum atomic E-state index is 12.6. The second-order valence-electron chi connectivity index (χ2n) is 5.43. The second kappa shape index (κ2) is 6.92. The van der Waals surface area contributed by atoms with E-state index < -0.39 is 11.9 Å². The third-order valence-corrected chi connectivity index (χ3v) is 4.82. The molecule has 0 aliphatic carbocycles. The number of aromatic nitrogens is 2. The number of methoxy groups -OCH3 is 1. The van der Waals surface area contributed by atoms with Gasteiger partial charge in [0.25, 0.3) is 0 Å². The fourth-order valence-corrected chi connectivity index (χ4v) is 3.17. The summed E-state index contributed by atoms with van der Waals surface area (Å²) in [7, 11) is 1.41. The van der Waals surface area contributed by atoms with Gasteiger partial charge in [-0.2, -0.15) is 13.2 Å². The minimum absolute atomic E-state index is 0.0746. The molecule has 0 amide bonds. The molecule has 0 unspecified atom stereocenters. The molecule has 26 heavy (non-hydrogen) atoms. The number of hydrogen-bond donors (Lipinski definition) is 1. The Hall–Kier alpha value is -2.06. The van der Waals surface area contributed by atoms with Crippen molar-refractivity contribution in [2.24, 2.45) is 0 Å². The first kappa shape index (κ1) is 18.7. The van der Waals surface area contributed by atoms with Gasteiger partial charge in [-0.3, -0.25) is 4.98 Å². The van der Waals surface area contributed by atoms with E-state index in [1.807, 2.05) is 0 Å². The lowest BCUT2D eigenvalue weighted by atomic mass is 10.0. The molecular weight excluding hydrogens is 437 g/mol. The van der Waals surface area contributed by atoms with E-state index in [4.69, 9.17) is 16.3 Å². The highest BCUT2D eigenvalue weighted by molar-refractivity contribution is 9.10. The van der Waals surface area contributed by atoms with Gasteiger partial charge in [0.15, 0.2) is 0 Å². The monoisotopic (exact) mass is 446 g/mol. The number of fused-ring (bicyclic) bond motifs is 1. The van der Waals surface area contributed by atoms with Crippen LogP contribution in [0.5, 0.6) is 11.6 Å². The lowest BCUT2D eigenvalue weighted by Gasteiger charge is -2.14. The van der Waals surface area contributed by atoms with Crippen molar-refractivity contribution in [1.29, 1.82) is 0 Å². The normalized spacial score (nSPS) is 11.8. The summed E-state index contributed by atoms with van der Waals surface area (Å²) >= 11 is 9.68. The number of halogens is 5. The SMILES string of the molecule is COc1nc2ccc(Br)c(O)c2c(Cl)c1Cc1ccc(C(F)(F)F)nc1. The number of benzene rings is 1. The molecular formula is C17H11BrClF3N2O2. The van der Waals surface area contributed by atoms with Crippen molar-refractivity contribution in [2.75, 3.05) is 7.11 Å². The molecule has 1 N–H and O–H groups in total. The molecule has 0 saturated carbocycles. The van der Waals surface area contributed by atoms with Crippen LogP contribution < -0.4 is 4.74 Å². The van der Waals surface area contributed by atoms with E-state index in [0.717, 1.165) is 12.3 Å². The van der Waals surface area contributed by atoms with Crippen LogP contribution in [0.3, 0.4) is 0 Å². The summed E-state index contributed by atoms with van der Waals surface area (Å²) in [6, 6.07) is 5.51. The predicted octanol–water partition coefficient (Wildman–Crippen LogP) is 5.37. The van der Waals surface area contributed by atoms with Crippen LogP contribution in [0.15, 0.2) is 34.9 Å². The van der Waals surface area contributed by atoms with E-state index >= 15 is 0 Å². The van der Waals surface area contributed by atoms with Crippen LogP contribution in [-0.4, -0.2) is 22.2 Å². The third-order valence-electron chi connectivity index (χ3n) is 3.76. The summed E-state index contributed by atoms with van der Waals surface area (Å²) in [4.78, 5) is 7.76. The van der Waals surface area contributed by atoms with Crippen LogP contribution in [0.1, 0.15) is 16.8 Å². The molecule has 0 aliphatic rings. The van der Waals surface area contributed by atoms with Crippen molar-refractivity contribution in [3.8, 4) is 11.6 Å². The zero-order valence-electron chi connectivity index (χ0n) is 13.2. The summed E-state index contributed by atoms with van der Waals surface area (Å²) in [5.74, 6) is 0.151. The van der Waals surface area contributed by atoms with E-state index in [-0.39, 0.29) is 23.1 Å². The lowest BCUT2D eigenvalue weighted by molar-refractivity contribution is -0.141. The molecule has 1 aromatic carbocycles. The highest BCUT2D eigenvalue weighted by Gasteiger charge is 2.32. The molecule has 3 rings (SSSR count). The van der Waals surface area contributed by atoms with E-state index in [0.29, 0.717) is 26.5 Å². The molecule has 0 spiro atoms. The minimum Gasteiger partial charge on any atom is -0.506 e. The number of rotatable bonds is 3. The van der Waals surface area contributed by atoms with Gasteiger partial charge in [-0.05, 0) is 39.7 Å². The lowest BCUT2D eigenvalue weighted by Crippen LogP contribution is -2.08. The Morgan fingerprint density at radius 2 is 1.96 bits per heavy atom. The number of pyridine rings is 2. The highest BCUT2D eigenvalue weighted by Crippen LogP contribution is 2.41. The molecule has 0 atom stereocenters. The first-order valence-corrected chi connectivity index (χ1v) is 8.45. The Morgan fingerprint density at radius 3 is 2.54 bits per heavy atom. The molecule has 0 fully saturated rings. The van der Waals surface area contributed by atoms with E-state index in [9.17, 15) is 18.3 Å². The number of hydrogen-bond acceptors (Lipinski definition) is 4. The van der Waals surface area contributed by atoms with Crippen molar-refractivity contribution in [3.05, 3.63) is 56.8 Å². The van der Waals surface area contributed by atoms with E-state index in [1.54, 1.807) is 12.1 Å². The third kappa shape index (κ3) is 3.43. The zero-order chi connectivity index (χ0) is 19.1. The molecule has 9 heteroatoms. The van der Waals surface area contributed by atoms with Gasteiger partial charge in [0.05, 0.1) is 27.5 Å². The van der Waals surface area contributed by atoms with E-state index in [2.05, 4.69) is 25.9 Å². The fourth-order valence-electron chi connectivity index (χ4n) is 2.51. The van der Waals surface area contributed by atoms with Crippen molar-refractivity contribution in [3.63, 3.8) is 0 Å². The van der Waals surface area contributed by atoms with Crippen LogP contribution in [0.25, 0.3) is 10.9 Å². The Balaban J connectivity index is 2.09.